The van der Waals surface area contributed by atoms with Crippen LogP contribution in [-0.2, 0) is 20.9 Å². The van der Waals surface area contributed by atoms with Gasteiger partial charge in [-0.05, 0) is 32.8 Å². The summed E-state index contributed by atoms with van der Waals surface area (Å²) in [5, 5.41) is 0. The first-order valence-corrected chi connectivity index (χ1v) is 9.79. The van der Waals surface area contributed by atoms with Gasteiger partial charge < -0.3 is 9.64 Å². The van der Waals surface area contributed by atoms with Crippen LogP contribution in [0.15, 0.2) is 30.3 Å². The third-order valence-electron chi connectivity index (χ3n) is 5.84. The summed E-state index contributed by atoms with van der Waals surface area (Å²) in [6.07, 6.45) is 0.470. The molecule has 28 heavy (non-hydrogen) atoms. The maximum absolute atomic E-state index is 14.8. The maximum Gasteiger partial charge on any atom is 0.321 e. The molecule has 0 bridgehead atoms. The van der Waals surface area contributed by atoms with Gasteiger partial charge in [-0.25, -0.2) is 8.78 Å². The van der Waals surface area contributed by atoms with Crippen LogP contribution >= 0.6 is 0 Å². The van der Waals surface area contributed by atoms with Gasteiger partial charge in [0, 0.05) is 25.7 Å². The molecule has 7 heteroatoms. The minimum absolute atomic E-state index is 0.0371. The molecule has 0 N–H and O–H groups in total. The fourth-order valence-electron chi connectivity index (χ4n) is 4.27. The Kier molecular flexibility index (Phi) is 5.75. The number of benzene rings is 1. The number of hydrogen-bond acceptors (Lipinski definition) is 4. The average molecular weight is 394 g/mol. The zero-order chi connectivity index (χ0) is 20.5. The molecule has 154 valence electrons. The molecule has 0 spiro atoms. The van der Waals surface area contributed by atoms with Crippen LogP contribution in [0.4, 0.5) is 8.78 Å². The number of esters is 1. The number of hydrogen-bond donors (Lipinski definition) is 0. The Bertz CT molecular complexity index is 724. The molecule has 0 unspecified atom stereocenters. The average Bonchev–Trinajstić information content (AvgIpc) is 2.91. The van der Waals surface area contributed by atoms with E-state index in [1.807, 2.05) is 35.2 Å². The van der Waals surface area contributed by atoms with Crippen molar-refractivity contribution in [3.63, 3.8) is 0 Å². The van der Waals surface area contributed by atoms with Crippen LogP contribution < -0.4 is 0 Å². The topological polar surface area (TPSA) is 49.9 Å². The number of ether oxygens (including phenoxy) is 1. The normalized spacial score (nSPS) is 24.7. The van der Waals surface area contributed by atoms with Gasteiger partial charge in [-0.1, -0.05) is 30.3 Å². The van der Waals surface area contributed by atoms with Crippen LogP contribution in [0, 0.1) is 11.3 Å². The highest BCUT2D eigenvalue weighted by molar-refractivity contribution is 6.01. The van der Waals surface area contributed by atoms with Crippen molar-refractivity contribution in [3.8, 4) is 0 Å². The highest BCUT2D eigenvalue weighted by Gasteiger charge is 2.57. The third-order valence-corrected chi connectivity index (χ3v) is 5.84. The van der Waals surface area contributed by atoms with Gasteiger partial charge in [0.05, 0.1) is 19.1 Å². The van der Waals surface area contributed by atoms with Crippen molar-refractivity contribution in [1.82, 2.24) is 9.80 Å². The molecular weight excluding hydrogens is 366 g/mol. The Balaban J connectivity index is 1.72. The molecule has 2 aliphatic heterocycles. The molecule has 5 nitrogen and oxygen atoms in total. The van der Waals surface area contributed by atoms with Crippen LogP contribution in [0.3, 0.4) is 0 Å². The molecule has 2 atom stereocenters. The van der Waals surface area contributed by atoms with Crippen LogP contribution in [0.2, 0.25) is 0 Å². The molecule has 2 aliphatic rings. The number of likely N-dealkylation sites (tertiary alicyclic amines) is 2. The van der Waals surface area contributed by atoms with E-state index in [-0.39, 0.29) is 25.7 Å². The van der Waals surface area contributed by atoms with Gasteiger partial charge in [0.1, 0.15) is 5.41 Å². The van der Waals surface area contributed by atoms with Crippen LogP contribution in [-0.4, -0.2) is 59.9 Å². The molecule has 0 radical (unpaired) electrons. The molecule has 1 aromatic rings. The second-order valence-electron chi connectivity index (χ2n) is 8.21. The summed E-state index contributed by atoms with van der Waals surface area (Å²) in [6.45, 7) is 5.33. The van der Waals surface area contributed by atoms with E-state index in [0.29, 0.717) is 19.5 Å². The van der Waals surface area contributed by atoms with E-state index in [4.69, 9.17) is 4.74 Å². The van der Waals surface area contributed by atoms with Gasteiger partial charge in [-0.2, -0.15) is 0 Å². The molecule has 2 heterocycles. The molecule has 0 aromatic heterocycles. The quantitative estimate of drug-likeness (QED) is 0.569. The van der Waals surface area contributed by atoms with Crippen molar-refractivity contribution < 1.29 is 23.1 Å². The van der Waals surface area contributed by atoms with Crippen LogP contribution in [0.1, 0.15) is 32.8 Å². The van der Waals surface area contributed by atoms with Crippen molar-refractivity contribution in [1.29, 1.82) is 0 Å². The van der Waals surface area contributed by atoms with E-state index < -0.39 is 29.1 Å². The SMILES string of the molecule is CCOC(=O)C(C)(C)C(=O)N1CC[C@@H]2[C@H](C1)C(F)(F)CN2Cc1ccccc1. The highest BCUT2D eigenvalue weighted by Crippen LogP contribution is 2.43. The van der Waals surface area contributed by atoms with Gasteiger partial charge in [-0.15, -0.1) is 0 Å². The fourth-order valence-corrected chi connectivity index (χ4v) is 4.27. The summed E-state index contributed by atoms with van der Waals surface area (Å²) in [7, 11) is 0. The first-order chi connectivity index (χ1) is 13.2. The number of nitrogens with zero attached hydrogens (tertiary/aromatic N) is 2. The molecular formula is C21H28F2N2O3. The van der Waals surface area contributed by atoms with E-state index in [2.05, 4.69) is 0 Å². The molecule has 2 saturated heterocycles. The number of halogens is 2. The molecule has 2 fully saturated rings. The van der Waals surface area contributed by atoms with Crippen LogP contribution in [0.5, 0.6) is 0 Å². The number of fused-ring (bicyclic) bond motifs is 1. The lowest BCUT2D eigenvalue weighted by Crippen LogP contribution is -2.54. The molecule has 0 saturated carbocycles. The number of carbonyl (C=O) groups is 2. The zero-order valence-corrected chi connectivity index (χ0v) is 16.7. The number of amides is 1. The number of carbonyl (C=O) groups excluding carboxylic acids is 2. The summed E-state index contributed by atoms with van der Waals surface area (Å²) in [6, 6.07) is 9.31. The van der Waals surface area contributed by atoms with E-state index in [0.717, 1.165) is 5.56 Å². The number of rotatable bonds is 5. The highest BCUT2D eigenvalue weighted by atomic mass is 19.3. The summed E-state index contributed by atoms with van der Waals surface area (Å²) in [5.41, 5.74) is -0.374. The first kappa shape index (κ1) is 20.7. The van der Waals surface area contributed by atoms with Crippen molar-refractivity contribution in [2.75, 3.05) is 26.2 Å². The van der Waals surface area contributed by atoms with Gasteiger partial charge >= 0.3 is 5.97 Å². The predicted molar refractivity (Wildman–Crippen MR) is 101 cm³/mol. The van der Waals surface area contributed by atoms with Crippen molar-refractivity contribution >= 4 is 11.9 Å². The summed E-state index contributed by atoms with van der Waals surface area (Å²) in [5.74, 6) is -4.86. The summed E-state index contributed by atoms with van der Waals surface area (Å²) >= 11 is 0. The number of alkyl halides is 2. The van der Waals surface area contributed by atoms with Crippen LogP contribution in [0.25, 0.3) is 0 Å². The Morgan fingerprint density at radius 3 is 2.57 bits per heavy atom. The smallest absolute Gasteiger partial charge is 0.321 e. The van der Waals surface area contributed by atoms with E-state index in [9.17, 15) is 18.4 Å². The molecule has 0 aliphatic carbocycles. The Morgan fingerprint density at radius 1 is 1.25 bits per heavy atom. The standard InChI is InChI=1S/C21H28F2N2O3/c1-4-28-19(27)20(2,3)18(26)24-11-10-17-16(13-24)21(22,23)14-25(17)12-15-8-6-5-7-9-15/h5-9,16-17H,4,10-14H2,1-3H3/t16-,17+/m0/s1. The molecule has 1 aromatic carbocycles. The molecule has 3 rings (SSSR count). The van der Waals surface area contributed by atoms with E-state index in [1.54, 1.807) is 6.92 Å². The van der Waals surface area contributed by atoms with Gasteiger partial charge in [0.25, 0.3) is 5.92 Å². The van der Waals surface area contributed by atoms with Crippen molar-refractivity contribution in [3.05, 3.63) is 35.9 Å². The third kappa shape index (κ3) is 3.90. The Labute approximate surface area is 164 Å². The van der Waals surface area contributed by atoms with Gasteiger partial charge in [0.15, 0.2) is 0 Å². The lowest BCUT2D eigenvalue weighted by atomic mass is 9.86. The van der Waals surface area contributed by atoms with Gasteiger partial charge in [-0.3, -0.25) is 14.5 Å². The summed E-state index contributed by atoms with van der Waals surface area (Å²) in [4.78, 5) is 28.3. The van der Waals surface area contributed by atoms with Crippen molar-refractivity contribution in [2.24, 2.45) is 11.3 Å². The fraction of sp³-hybridized carbons (Fsp3) is 0.619. The lowest BCUT2D eigenvalue weighted by molar-refractivity contribution is -0.164. The lowest BCUT2D eigenvalue weighted by Gasteiger charge is -2.40. The Morgan fingerprint density at radius 2 is 1.93 bits per heavy atom. The Hall–Kier alpha value is -2.02. The minimum atomic E-state index is -2.87. The van der Waals surface area contributed by atoms with Gasteiger partial charge in [0.2, 0.25) is 5.91 Å². The molecule has 1 amide bonds. The second-order valence-corrected chi connectivity index (χ2v) is 8.21. The summed E-state index contributed by atoms with van der Waals surface area (Å²) < 4.78 is 34.5. The predicted octanol–water partition coefficient (Wildman–Crippen LogP) is 2.94. The van der Waals surface area contributed by atoms with E-state index >= 15 is 0 Å². The van der Waals surface area contributed by atoms with E-state index in [1.165, 1.54) is 18.7 Å². The van der Waals surface area contributed by atoms with Crippen molar-refractivity contribution in [2.45, 2.75) is 45.7 Å². The minimum Gasteiger partial charge on any atom is -0.465 e. The number of piperidine rings is 1. The first-order valence-electron chi connectivity index (χ1n) is 9.79. The monoisotopic (exact) mass is 394 g/mol. The zero-order valence-electron chi connectivity index (χ0n) is 16.7. The second kappa shape index (κ2) is 7.78. The largest absolute Gasteiger partial charge is 0.465 e. The maximum atomic E-state index is 14.8.